The number of aromatic nitrogens is 2. The normalized spacial score (nSPS) is 10.1. The van der Waals surface area contributed by atoms with Crippen molar-refractivity contribution in [1.29, 1.82) is 0 Å². The molecule has 0 aliphatic rings. The summed E-state index contributed by atoms with van der Waals surface area (Å²) in [5, 5.41) is 5.66. The summed E-state index contributed by atoms with van der Waals surface area (Å²) in [7, 11) is 1.73. The zero-order valence-corrected chi connectivity index (χ0v) is 12.2. The zero-order chi connectivity index (χ0) is 13.8. The lowest BCUT2D eigenvalue weighted by Gasteiger charge is -2.08. The molecule has 1 aromatic carbocycles. The Morgan fingerprint density at radius 2 is 2.11 bits per heavy atom. The average molecular weight is 321 g/mol. The van der Waals surface area contributed by atoms with Gasteiger partial charge in [0.05, 0.1) is 12.4 Å². The number of benzene rings is 1. The molecule has 0 atom stereocenters. The van der Waals surface area contributed by atoms with E-state index in [2.05, 4.69) is 36.5 Å². The van der Waals surface area contributed by atoms with Gasteiger partial charge in [-0.2, -0.15) is 0 Å². The van der Waals surface area contributed by atoms with E-state index in [9.17, 15) is 4.79 Å². The van der Waals surface area contributed by atoms with E-state index in [1.165, 1.54) is 6.20 Å². The van der Waals surface area contributed by atoms with Gasteiger partial charge >= 0.3 is 0 Å². The number of anilines is 2. The number of amides is 1. The molecule has 5 nitrogen and oxygen atoms in total. The standard InChI is InChI=1S/C13H13BrN4O/c1-8-3-4-9(14)5-10(8)18-13(19)11-6-16-7-12(15-2)17-11/h3-7H,1-2H3,(H,15,17)(H,18,19). The van der Waals surface area contributed by atoms with Gasteiger partial charge in [0.1, 0.15) is 11.5 Å². The van der Waals surface area contributed by atoms with Gasteiger partial charge in [-0.05, 0) is 24.6 Å². The van der Waals surface area contributed by atoms with Gasteiger partial charge in [-0.3, -0.25) is 9.78 Å². The van der Waals surface area contributed by atoms with Gasteiger partial charge in [0.15, 0.2) is 0 Å². The Labute approximate surface area is 119 Å². The Morgan fingerprint density at radius 3 is 2.84 bits per heavy atom. The van der Waals surface area contributed by atoms with Crippen molar-refractivity contribution in [2.24, 2.45) is 0 Å². The van der Waals surface area contributed by atoms with Crippen molar-refractivity contribution in [3.05, 3.63) is 46.3 Å². The molecule has 0 radical (unpaired) electrons. The van der Waals surface area contributed by atoms with Gasteiger partial charge in [-0.1, -0.05) is 22.0 Å². The highest BCUT2D eigenvalue weighted by Gasteiger charge is 2.10. The SMILES string of the molecule is CNc1cncc(C(=O)Nc2cc(Br)ccc2C)n1. The number of halogens is 1. The summed E-state index contributed by atoms with van der Waals surface area (Å²) in [6.45, 7) is 1.93. The van der Waals surface area contributed by atoms with Crippen molar-refractivity contribution in [3.63, 3.8) is 0 Å². The molecule has 1 heterocycles. The number of carbonyl (C=O) groups is 1. The van der Waals surface area contributed by atoms with E-state index >= 15 is 0 Å². The minimum absolute atomic E-state index is 0.270. The summed E-state index contributed by atoms with van der Waals surface area (Å²) in [5.41, 5.74) is 2.00. The number of aryl methyl sites for hydroxylation is 1. The topological polar surface area (TPSA) is 66.9 Å². The molecule has 0 bridgehead atoms. The largest absolute Gasteiger partial charge is 0.372 e. The van der Waals surface area contributed by atoms with Crippen LogP contribution in [0.15, 0.2) is 35.1 Å². The molecule has 0 saturated carbocycles. The highest BCUT2D eigenvalue weighted by molar-refractivity contribution is 9.10. The van der Waals surface area contributed by atoms with Crippen LogP contribution >= 0.6 is 15.9 Å². The van der Waals surface area contributed by atoms with Crippen molar-refractivity contribution >= 4 is 33.3 Å². The molecular formula is C13H13BrN4O. The molecule has 0 unspecified atom stereocenters. The first-order chi connectivity index (χ1) is 9.10. The summed E-state index contributed by atoms with van der Waals surface area (Å²) in [6.07, 6.45) is 2.99. The van der Waals surface area contributed by atoms with Crippen LogP contribution in [-0.4, -0.2) is 22.9 Å². The predicted molar refractivity (Wildman–Crippen MR) is 78.4 cm³/mol. The fourth-order valence-electron chi connectivity index (χ4n) is 1.51. The van der Waals surface area contributed by atoms with Gasteiger partial charge in [-0.25, -0.2) is 4.98 Å². The van der Waals surface area contributed by atoms with Crippen LogP contribution in [0.4, 0.5) is 11.5 Å². The smallest absolute Gasteiger partial charge is 0.275 e. The minimum Gasteiger partial charge on any atom is -0.372 e. The molecule has 0 aliphatic carbocycles. The summed E-state index contributed by atoms with van der Waals surface area (Å²) < 4.78 is 0.906. The predicted octanol–water partition coefficient (Wildman–Crippen LogP) is 2.84. The summed E-state index contributed by atoms with van der Waals surface area (Å²) in [6, 6.07) is 5.70. The minimum atomic E-state index is -0.286. The molecule has 0 spiro atoms. The molecule has 2 N–H and O–H groups in total. The summed E-state index contributed by atoms with van der Waals surface area (Å²) >= 11 is 3.38. The average Bonchev–Trinajstić information content (AvgIpc) is 2.43. The van der Waals surface area contributed by atoms with E-state index in [0.717, 1.165) is 15.7 Å². The zero-order valence-electron chi connectivity index (χ0n) is 10.6. The first kappa shape index (κ1) is 13.5. The second-order valence-corrected chi connectivity index (χ2v) is 4.87. The Kier molecular flexibility index (Phi) is 4.11. The van der Waals surface area contributed by atoms with E-state index in [4.69, 9.17) is 0 Å². The third-order valence-corrected chi connectivity index (χ3v) is 3.06. The Hall–Kier alpha value is -1.95. The maximum atomic E-state index is 12.1. The highest BCUT2D eigenvalue weighted by Crippen LogP contribution is 2.21. The maximum absolute atomic E-state index is 12.1. The Bertz CT molecular complexity index is 615. The van der Waals surface area contributed by atoms with Crippen LogP contribution in [0.3, 0.4) is 0 Å². The number of rotatable bonds is 3. The molecule has 6 heteroatoms. The van der Waals surface area contributed by atoms with E-state index in [1.54, 1.807) is 13.2 Å². The number of hydrogen-bond acceptors (Lipinski definition) is 4. The number of hydrogen-bond donors (Lipinski definition) is 2. The Balaban J connectivity index is 2.22. The lowest BCUT2D eigenvalue weighted by Crippen LogP contribution is -2.15. The van der Waals surface area contributed by atoms with Crippen molar-refractivity contribution in [2.75, 3.05) is 17.7 Å². The maximum Gasteiger partial charge on any atom is 0.275 e. The molecule has 1 amide bonds. The number of nitrogens with zero attached hydrogens (tertiary/aromatic N) is 2. The molecule has 0 aliphatic heterocycles. The first-order valence-corrected chi connectivity index (χ1v) is 6.47. The molecule has 2 rings (SSSR count). The molecule has 19 heavy (non-hydrogen) atoms. The Morgan fingerprint density at radius 1 is 1.32 bits per heavy atom. The van der Waals surface area contributed by atoms with Gasteiger partial charge in [0.25, 0.3) is 5.91 Å². The van der Waals surface area contributed by atoms with Crippen LogP contribution in [0.1, 0.15) is 16.1 Å². The van der Waals surface area contributed by atoms with Crippen molar-refractivity contribution in [3.8, 4) is 0 Å². The van der Waals surface area contributed by atoms with Crippen LogP contribution in [0.5, 0.6) is 0 Å². The quantitative estimate of drug-likeness (QED) is 0.912. The van der Waals surface area contributed by atoms with Gasteiger partial charge in [-0.15, -0.1) is 0 Å². The lowest BCUT2D eigenvalue weighted by atomic mass is 10.2. The van der Waals surface area contributed by atoms with Crippen LogP contribution in [0, 0.1) is 6.92 Å². The lowest BCUT2D eigenvalue weighted by molar-refractivity contribution is 0.102. The highest BCUT2D eigenvalue weighted by atomic mass is 79.9. The van der Waals surface area contributed by atoms with Crippen LogP contribution in [-0.2, 0) is 0 Å². The van der Waals surface area contributed by atoms with E-state index in [1.807, 2.05) is 25.1 Å². The number of carbonyl (C=O) groups excluding carboxylic acids is 1. The molecule has 0 saturated heterocycles. The van der Waals surface area contributed by atoms with Gasteiger partial charge < -0.3 is 10.6 Å². The van der Waals surface area contributed by atoms with Crippen LogP contribution < -0.4 is 10.6 Å². The third kappa shape index (κ3) is 3.29. The second-order valence-electron chi connectivity index (χ2n) is 3.95. The summed E-state index contributed by atoms with van der Waals surface area (Å²) in [5.74, 6) is 0.268. The fraction of sp³-hybridized carbons (Fsp3) is 0.154. The van der Waals surface area contributed by atoms with Crippen molar-refractivity contribution < 1.29 is 4.79 Å². The van der Waals surface area contributed by atoms with E-state index in [0.29, 0.717) is 5.82 Å². The molecule has 1 aromatic heterocycles. The second kappa shape index (κ2) is 5.79. The molecular weight excluding hydrogens is 308 g/mol. The molecule has 0 fully saturated rings. The van der Waals surface area contributed by atoms with Crippen molar-refractivity contribution in [2.45, 2.75) is 6.92 Å². The fourth-order valence-corrected chi connectivity index (χ4v) is 1.87. The van der Waals surface area contributed by atoms with Crippen molar-refractivity contribution in [1.82, 2.24) is 9.97 Å². The molecule has 2 aromatic rings. The van der Waals surface area contributed by atoms with Gasteiger partial charge in [0.2, 0.25) is 0 Å². The van der Waals surface area contributed by atoms with Crippen LogP contribution in [0.25, 0.3) is 0 Å². The van der Waals surface area contributed by atoms with Gasteiger partial charge in [0, 0.05) is 17.2 Å². The monoisotopic (exact) mass is 320 g/mol. The molecule has 98 valence electrons. The van der Waals surface area contributed by atoms with E-state index in [-0.39, 0.29) is 11.6 Å². The first-order valence-electron chi connectivity index (χ1n) is 5.67. The van der Waals surface area contributed by atoms with Crippen LogP contribution in [0.2, 0.25) is 0 Å². The summed E-state index contributed by atoms with van der Waals surface area (Å²) in [4.78, 5) is 20.2. The number of nitrogens with one attached hydrogen (secondary N) is 2. The van der Waals surface area contributed by atoms with E-state index < -0.39 is 0 Å². The third-order valence-electron chi connectivity index (χ3n) is 2.57.